The molecule has 5 aromatic rings. The number of anilines is 2. The number of halogens is 1. The number of fused-ring (bicyclic) bond motifs is 4. The zero-order valence-electron chi connectivity index (χ0n) is 23.2. The van der Waals surface area contributed by atoms with E-state index in [0.29, 0.717) is 34.6 Å². The molecule has 1 aromatic heterocycles. The third-order valence-electron chi connectivity index (χ3n) is 7.49. The Labute approximate surface area is 242 Å². The van der Waals surface area contributed by atoms with Crippen LogP contribution in [0.5, 0.6) is 11.5 Å². The van der Waals surface area contributed by atoms with Gasteiger partial charge in [0.25, 0.3) is 0 Å². The van der Waals surface area contributed by atoms with Crippen LogP contribution in [0.2, 0.25) is 0 Å². The average Bonchev–Trinajstić information content (AvgIpc) is 3.36. The maximum atomic E-state index is 15.7. The Balaban J connectivity index is 1.48. The first-order valence-electron chi connectivity index (χ1n) is 13.5. The number of ether oxygens (including phenoxy) is 2. The van der Waals surface area contributed by atoms with Crippen molar-refractivity contribution >= 4 is 34.6 Å². The second-order valence-corrected chi connectivity index (χ2v) is 9.94. The number of hydrogen-bond donors (Lipinski definition) is 1. The molecule has 0 fully saturated rings. The molecule has 0 radical (unpaired) electrons. The maximum absolute atomic E-state index is 15.7. The van der Waals surface area contributed by atoms with Crippen molar-refractivity contribution in [2.75, 3.05) is 24.4 Å². The Hall–Kier alpha value is -5.44. The van der Waals surface area contributed by atoms with Gasteiger partial charge in [0, 0.05) is 22.9 Å². The monoisotopic (exact) mass is 558 g/mol. The zero-order chi connectivity index (χ0) is 28.8. The lowest BCUT2D eigenvalue weighted by Gasteiger charge is -2.40. The lowest BCUT2D eigenvalue weighted by atomic mass is 9.93. The largest absolute Gasteiger partial charge is 0.493 e. The molecular weight excluding hydrogens is 531 g/mol. The number of benzene rings is 4. The molecule has 1 N–H and O–H groups in total. The molecule has 0 spiro atoms. The molecule has 0 aliphatic carbocycles. The number of aromatic nitrogens is 2. The first kappa shape index (κ1) is 25.5. The van der Waals surface area contributed by atoms with Gasteiger partial charge in [0.2, 0.25) is 0 Å². The van der Waals surface area contributed by atoms with E-state index in [4.69, 9.17) is 24.6 Å². The lowest BCUT2D eigenvalue weighted by molar-refractivity contribution is 0.355. The predicted octanol–water partition coefficient (Wildman–Crippen LogP) is 7.13. The average molecular weight is 559 g/mol. The second-order valence-electron chi connectivity index (χ2n) is 9.94. The molecule has 2 aliphatic rings. The molecule has 0 unspecified atom stereocenters. The van der Waals surface area contributed by atoms with Gasteiger partial charge in [-0.05, 0) is 49.4 Å². The molecule has 9 heteroatoms. The van der Waals surface area contributed by atoms with E-state index in [1.807, 2.05) is 96.5 Å². The maximum Gasteiger partial charge on any atom is 0.179 e. The van der Waals surface area contributed by atoms with Gasteiger partial charge in [-0.2, -0.15) is 5.10 Å². The van der Waals surface area contributed by atoms with E-state index < -0.39 is 6.04 Å². The lowest BCUT2D eigenvalue weighted by Crippen LogP contribution is -2.46. The number of amidine groups is 2. The van der Waals surface area contributed by atoms with Crippen molar-refractivity contribution in [3.8, 4) is 17.2 Å². The highest BCUT2D eigenvalue weighted by atomic mass is 19.1. The first-order valence-corrected chi connectivity index (χ1v) is 13.5. The fraction of sp³-hybridized carbons (Fsp3) is 0.121. The van der Waals surface area contributed by atoms with Gasteiger partial charge >= 0.3 is 0 Å². The third kappa shape index (κ3) is 4.09. The molecule has 42 heavy (non-hydrogen) atoms. The van der Waals surface area contributed by atoms with E-state index in [0.717, 1.165) is 34.0 Å². The van der Waals surface area contributed by atoms with E-state index in [9.17, 15) is 0 Å². The van der Waals surface area contributed by atoms with Crippen molar-refractivity contribution in [1.29, 1.82) is 0 Å². The van der Waals surface area contributed by atoms with Crippen LogP contribution in [0.1, 0.15) is 22.9 Å². The van der Waals surface area contributed by atoms with Crippen molar-refractivity contribution in [3.63, 3.8) is 0 Å². The molecule has 7 rings (SSSR count). The standard InChI is InChI=1S/C33H27FN6O2/c1-20-29-30(23-13-7-8-14-24(23)34)39-26-16-10-9-15-25(26)36-31(35-21-17-18-27(41-2)28(19-21)42-3)33(39)37-32(29)40(38-20)22-11-5-4-6-12-22/h4-19,30H,1-3H3,(H,35,36)/t30-/m0/s1. The summed E-state index contributed by atoms with van der Waals surface area (Å²) in [4.78, 5) is 12.2. The van der Waals surface area contributed by atoms with E-state index in [2.05, 4.69) is 10.2 Å². The SMILES string of the molecule is COc1ccc(NC2=Nc3ccccc3N3C2=Nc2c(c(C)nn2-c2ccccc2)[C@@H]3c2ccccc2F)cc1OC. The van der Waals surface area contributed by atoms with Gasteiger partial charge in [-0.25, -0.2) is 19.1 Å². The molecule has 1 atom stereocenters. The van der Waals surface area contributed by atoms with E-state index in [1.165, 1.54) is 6.07 Å². The molecule has 8 nitrogen and oxygen atoms in total. The van der Waals surface area contributed by atoms with Crippen molar-refractivity contribution < 1.29 is 13.9 Å². The van der Waals surface area contributed by atoms with Crippen LogP contribution >= 0.6 is 0 Å². The molecule has 0 saturated heterocycles. The van der Waals surface area contributed by atoms with Gasteiger partial charge in [0.15, 0.2) is 29.0 Å². The molecule has 208 valence electrons. The number of rotatable bonds is 5. The summed E-state index contributed by atoms with van der Waals surface area (Å²) in [6.07, 6.45) is 0. The van der Waals surface area contributed by atoms with Gasteiger partial charge < -0.3 is 19.7 Å². The minimum atomic E-state index is -0.551. The summed E-state index contributed by atoms with van der Waals surface area (Å²) in [5, 5.41) is 8.35. The van der Waals surface area contributed by atoms with Crippen molar-refractivity contribution in [1.82, 2.24) is 9.78 Å². The predicted molar refractivity (Wildman–Crippen MR) is 163 cm³/mol. The van der Waals surface area contributed by atoms with Gasteiger partial charge in [0.05, 0.1) is 43.0 Å². The van der Waals surface area contributed by atoms with Gasteiger partial charge in [-0.15, -0.1) is 0 Å². The number of methoxy groups -OCH3 is 2. The highest BCUT2D eigenvalue weighted by molar-refractivity contribution is 6.51. The van der Waals surface area contributed by atoms with Crippen molar-refractivity contribution in [2.45, 2.75) is 13.0 Å². The molecule has 2 aliphatic heterocycles. The minimum Gasteiger partial charge on any atom is -0.493 e. The third-order valence-corrected chi connectivity index (χ3v) is 7.49. The molecule has 3 heterocycles. The Morgan fingerprint density at radius 2 is 1.55 bits per heavy atom. The topological polar surface area (TPSA) is 76.3 Å². The number of aliphatic imine (C=N–C) groups is 2. The molecule has 0 amide bonds. The number of para-hydroxylation sites is 3. The fourth-order valence-electron chi connectivity index (χ4n) is 5.59. The van der Waals surface area contributed by atoms with E-state index in [1.54, 1.807) is 20.3 Å². The summed E-state index contributed by atoms with van der Waals surface area (Å²) in [5.41, 5.74) is 5.25. The summed E-state index contributed by atoms with van der Waals surface area (Å²) in [7, 11) is 3.19. The van der Waals surface area contributed by atoms with Crippen LogP contribution in [-0.4, -0.2) is 35.7 Å². The highest BCUT2D eigenvalue weighted by Gasteiger charge is 2.42. The van der Waals surface area contributed by atoms with Crippen LogP contribution in [0.25, 0.3) is 5.69 Å². The van der Waals surface area contributed by atoms with Crippen LogP contribution in [0.15, 0.2) is 107 Å². The van der Waals surface area contributed by atoms with Gasteiger partial charge in [-0.1, -0.05) is 48.5 Å². The fourth-order valence-corrected chi connectivity index (χ4v) is 5.59. The van der Waals surface area contributed by atoms with E-state index >= 15 is 4.39 Å². The summed E-state index contributed by atoms with van der Waals surface area (Å²) in [6, 6.07) is 29.5. The molecule has 4 aromatic carbocycles. The summed E-state index contributed by atoms with van der Waals surface area (Å²) >= 11 is 0. The smallest absolute Gasteiger partial charge is 0.179 e. The Morgan fingerprint density at radius 3 is 2.33 bits per heavy atom. The number of nitrogens with one attached hydrogen (secondary N) is 1. The van der Waals surface area contributed by atoms with Crippen LogP contribution < -0.4 is 19.7 Å². The zero-order valence-corrected chi connectivity index (χ0v) is 23.2. The Kier molecular flexibility index (Phi) is 6.19. The van der Waals surface area contributed by atoms with Crippen LogP contribution in [0.4, 0.5) is 27.3 Å². The van der Waals surface area contributed by atoms with Gasteiger partial charge in [-0.3, -0.25) is 0 Å². The Morgan fingerprint density at radius 1 is 0.810 bits per heavy atom. The van der Waals surface area contributed by atoms with Crippen LogP contribution in [0, 0.1) is 12.7 Å². The number of hydrogen-bond acceptors (Lipinski definition) is 7. The summed E-state index contributed by atoms with van der Waals surface area (Å²) in [6.45, 7) is 1.94. The normalized spacial score (nSPS) is 15.1. The first-order chi connectivity index (χ1) is 20.6. The number of aryl methyl sites for hydroxylation is 1. The number of nitrogens with zero attached hydrogens (tertiary/aromatic N) is 5. The van der Waals surface area contributed by atoms with Crippen LogP contribution in [0.3, 0.4) is 0 Å². The molecule has 0 bridgehead atoms. The Bertz CT molecular complexity index is 1880. The molecule has 0 saturated carbocycles. The van der Waals surface area contributed by atoms with Crippen molar-refractivity contribution in [2.24, 2.45) is 9.98 Å². The van der Waals surface area contributed by atoms with E-state index in [-0.39, 0.29) is 5.82 Å². The quantitative estimate of drug-likeness (QED) is 0.248. The van der Waals surface area contributed by atoms with Crippen LogP contribution in [-0.2, 0) is 0 Å². The second kappa shape index (κ2) is 10.2. The molecular formula is C33H27FN6O2. The summed E-state index contributed by atoms with van der Waals surface area (Å²) in [5.74, 6) is 2.55. The summed E-state index contributed by atoms with van der Waals surface area (Å²) < 4.78 is 28.5. The highest BCUT2D eigenvalue weighted by Crippen LogP contribution is 2.48. The minimum absolute atomic E-state index is 0.309. The van der Waals surface area contributed by atoms with Crippen molar-refractivity contribution in [3.05, 3.63) is 120 Å². The van der Waals surface area contributed by atoms with Gasteiger partial charge in [0.1, 0.15) is 5.82 Å².